The third kappa shape index (κ3) is 1.20. The number of dihydropyridines is 1. The van der Waals surface area contributed by atoms with Gasteiger partial charge in [-0.05, 0) is 0 Å². The van der Waals surface area contributed by atoms with Crippen LogP contribution in [0.3, 0.4) is 0 Å². The Morgan fingerprint density at radius 2 is 1.55 bits per heavy atom. The minimum absolute atomic E-state index is 1.11. The summed E-state index contributed by atoms with van der Waals surface area (Å²) in [5.74, 6) is -7.99. The van der Waals surface area contributed by atoms with Crippen molar-refractivity contribution >= 4 is 0 Å². The highest BCUT2D eigenvalue weighted by Gasteiger charge is 2.30. The lowest BCUT2D eigenvalue weighted by Crippen LogP contribution is -2.27. The fraction of sp³-hybridized carbons (Fsp3) is 0.200. The number of hydrogen-bond acceptors (Lipinski definition) is 1. The van der Waals surface area contributed by atoms with Gasteiger partial charge < -0.3 is 5.32 Å². The molecule has 0 amide bonds. The van der Waals surface area contributed by atoms with Crippen molar-refractivity contribution in [2.24, 2.45) is 0 Å². The molecule has 0 spiro atoms. The predicted octanol–water partition coefficient (Wildman–Crippen LogP) is 2.14. The summed E-state index contributed by atoms with van der Waals surface area (Å²) in [5, 5.41) is 1.11. The van der Waals surface area contributed by atoms with E-state index in [1.165, 1.54) is 0 Å². The molecule has 0 radical (unpaired) electrons. The number of hydrogen-bond donors (Lipinski definition) is 1. The summed E-state index contributed by atoms with van der Waals surface area (Å²) in [7, 11) is 0. The highest BCUT2D eigenvalue weighted by Crippen LogP contribution is 2.29. The SMILES string of the molecule is FC1=C(F)C(F)=C(F)C(F)N1. The second-order valence-corrected chi connectivity index (χ2v) is 1.80. The van der Waals surface area contributed by atoms with Gasteiger partial charge in [0.2, 0.25) is 18.1 Å². The molecule has 0 saturated heterocycles. The van der Waals surface area contributed by atoms with Crippen molar-refractivity contribution in [3.05, 3.63) is 23.4 Å². The second kappa shape index (κ2) is 2.52. The van der Waals surface area contributed by atoms with E-state index in [0.29, 0.717) is 0 Å². The Balaban J connectivity index is 3.07. The van der Waals surface area contributed by atoms with Crippen LogP contribution in [0.1, 0.15) is 0 Å². The average molecular weight is 171 g/mol. The van der Waals surface area contributed by atoms with Crippen molar-refractivity contribution in [2.75, 3.05) is 0 Å². The van der Waals surface area contributed by atoms with Gasteiger partial charge in [-0.1, -0.05) is 0 Å². The first-order valence-corrected chi connectivity index (χ1v) is 2.55. The molecule has 1 N–H and O–H groups in total. The maximum atomic E-state index is 12.0. The summed E-state index contributed by atoms with van der Waals surface area (Å²) in [4.78, 5) is 0. The lowest BCUT2D eigenvalue weighted by molar-refractivity contribution is 0.240. The van der Waals surface area contributed by atoms with Gasteiger partial charge in [-0.3, -0.25) is 0 Å². The zero-order valence-corrected chi connectivity index (χ0v) is 4.97. The normalized spacial score (nSPS) is 25.7. The van der Waals surface area contributed by atoms with Gasteiger partial charge in [-0.2, -0.15) is 8.78 Å². The van der Waals surface area contributed by atoms with Gasteiger partial charge in [0, 0.05) is 0 Å². The van der Waals surface area contributed by atoms with Gasteiger partial charge in [-0.25, -0.2) is 13.2 Å². The van der Waals surface area contributed by atoms with Crippen molar-refractivity contribution < 1.29 is 22.0 Å². The third-order valence-electron chi connectivity index (χ3n) is 1.07. The average Bonchev–Trinajstić information content (AvgIpc) is 1.97. The molecule has 11 heavy (non-hydrogen) atoms. The Morgan fingerprint density at radius 3 is 2.09 bits per heavy atom. The number of rotatable bonds is 0. The molecule has 0 saturated carbocycles. The Morgan fingerprint density at radius 1 is 1.00 bits per heavy atom. The molecule has 0 aliphatic carbocycles. The molecule has 6 heteroatoms. The second-order valence-electron chi connectivity index (χ2n) is 1.80. The van der Waals surface area contributed by atoms with E-state index in [0.717, 1.165) is 5.32 Å². The highest BCUT2D eigenvalue weighted by atomic mass is 19.2. The van der Waals surface area contributed by atoms with E-state index in [1.54, 1.807) is 0 Å². The van der Waals surface area contributed by atoms with E-state index in [1.807, 2.05) is 0 Å². The van der Waals surface area contributed by atoms with E-state index in [9.17, 15) is 22.0 Å². The largest absolute Gasteiger partial charge is 0.324 e. The minimum Gasteiger partial charge on any atom is -0.324 e. The van der Waals surface area contributed by atoms with Crippen molar-refractivity contribution in [1.29, 1.82) is 0 Å². The van der Waals surface area contributed by atoms with Crippen molar-refractivity contribution in [3.63, 3.8) is 0 Å². The molecule has 1 nitrogen and oxygen atoms in total. The van der Waals surface area contributed by atoms with Crippen LogP contribution >= 0.6 is 0 Å². The van der Waals surface area contributed by atoms with Crippen LogP contribution in [0, 0.1) is 0 Å². The molecule has 1 unspecified atom stereocenters. The summed E-state index contributed by atoms with van der Waals surface area (Å²) < 4.78 is 60.0. The molecule has 0 aromatic rings. The molecule has 62 valence electrons. The lowest BCUT2D eigenvalue weighted by atomic mass is 10.3. The molecule has 1 heterocycles. The Kier molecular flexibility index (Phi) is 1.84. The first kappa shape index (κ1) is 8.03. The van der Waals surface area contributed by atoms with E-state index in [-0.39, 0.29) is 0 Å². The molecular weight excluding hydrogens is 169 g/mol. The Hall–Kier alpha value is -1.07. The third-order valence-corrected chi connectivity index (χ3v) is 1.07. The van der Waals surface area contributed by atoms with Crippen LogP contribution in [0.4, 0.5) is 22.0 Å². The van der Waals surface area contributed by atoms with Crippen LogP contribution in [-0.2, 0) is 0 Å². The van der Waals surface area contributed by atoms with Gasteiger partial charge in [0.1, 0.15) is 0 Å². The van der Waals surface area contributed by atoms with Crippen LogP contribution in [0.25, 0.3) is 0 Å². The fourth-order valence-electron chi connectivity index (χ4n) is 0.550. The molecule has 1 rings (SSSR count). The quantitative estimate of drug-likeness (QED) is 0.435. The highest BCUT2D eigenvalue weighted by molar-refractivity contribution is 5.29. The van der Waals surface area contributed by atoms with Crippen LogP contribution in [0.15, 0.2) is 23.4 Å². The summed E-state index contributed by atoms with van der Waals surface area (Å²) >= 11 is 0. The topological polar surface area (TPSA) is 12.0 Å². The predicted molar refractivity (Wildman–Crippen MR) is 26.5 cm³/mol. The maximum Gasteiger partial charge on any atom is 0.228 e. The molecule has 0 bridgehead atoms. The summed E-state index contributed by atoms with van der Waals surface area (Å²) in [6, 6.07) is 0. The van der Waals surface area contributed by atoms with Crippen molar-refractivity contribution in [2.45, 2.75) is 6.30 Å². The molecule has 1 aliphatic rings. The van der Waals surface area contributed by atoms with E-state index >= 15 is 0 Å². The van der Waals surface area contributed by atoms with Gasteiger partial charge in [0.05, 0.1) is 0 Å². The van der Waals surface area contributed by atoms with Gasteiger partial charge in [0.25, 0.3) is 0 Å². The fourth-order valence-corrected chi connectivity index (χ4v) is 0.550. The molecule has 1 atom stereocenters. The molecule has 0 aromatic carbocycles. The first-order valence-electron chi connectivity index (χ1n) is 2.55. The lowest BCUT2D eigenvalue weighted by Gasteiger charge is -2.13. The molecular formula is C5H2F5N. The van der Waals surface area contributed by atoms with Crippen molar-refractivity contribution in [1.82, 2.24) is 5.32 Å². The van der Waals surface area contributed by atoms with Crippen LogP contribution in [0.2, 0.25) is 0 Å². The molecule has 0 fully saturated rings. The number of nitrogens with one attached hydrogen (secondary N) is 1. The zero-order chi connectivity index (χ0) is 8.59. The molecule has 1 aliphatic heterocycles. The van der Waals surface area contributed by atoms with E-state index in [2.05, 4.69) is 0 Å². The Bertz CT molecular complexity index is 243. The van der Waals surface area contributed by atoms with Gasteiger partial charge in [-0.15, -0.1) is 0 Å². The monoisotopic (exact) mass is 171 g/mol. The minimum atomic E-state index is -2.64. The summed E-state index contributed by atoms with van der Waals surface area (Å²) in [6.45, 7) is 0. The Labute approximate surface area is 58.2 Å². The van der Waals surface area contributed by atoms with Crippen LogP contribution in [-0.4, -0.2) is 6.30 Å². The standard InChI is InChI=1S/C5H2F5N/c6-1-2(7)4(9)11-5(10)3(1)8/h4,11H. The molecule has 0 aromatic heterocycles. The number of allylic oxidation sites excluding steroid dienone is 2. The number of alkyl halides is 1. The van der Waals surface area contributed by atoms with E-state index in [4.69, 9.17) is 0 Å². The van der Waals surface area contributed by atoms with Gasteiger partial charge in [0.15, 0.2) is 11.7 Å². The van der Waals surface area contributed by atoms with Crippen molar-refractivity contribution in [3.8, 4) is 0 Å². The maximum absolute atomic E-state index is 12.0. The van der Waals surface area contributed by atoms with Gasteiger partial charge >= 0.3 is 0 Å². The first-order chi connectivity index (χ1) is 5.04. The summed E-state index contributed by atoms with van der Waals surface area (Å²) in [6.07, 6.45) is -2.64. The van der Waals surface area contributed by atoms with Crippen LogP contribution < -0.4 is 5.32 Å². The zero-order valence-electron chi connectivity index (χ0n) is 4.97. The summed E-state index contributed by atoms with van der Waals surface area (Å²) in [5.41, 5.74) is 0. The van der Waals surface area contributed by atoms with Crippen LogP contribution in [0.5, 0.6) is 0 Å². The number of halogens is 5. The van der Waals surface area contributed by atoms with E-state index < -0.39 is 29.7 Å². The smallest absolute Gasteiger partial charge is 0.228 e.